The highest BCUT2D eigenvalue weighted by molar-refractivity contribution is 14.0. The van der Waals surface area contributed by atoms with Gasteiger partial charge < -0.3 is 19.9 Å². The average molecular weight is 430 g/mol. The molecule has 1 rings (SSSR count). The molecule has 1 amide bonds. The Kier molecular flexibility index (Phi) is 12.0. The van der Waals surface area contributed by atoms with Crippen molar-refractivity contribution in [3.8, 4) is 0 Å². The van der Waals surface area contributed by atoms with Crippen LogP contribution in [0.3, 0.4) is 0 Å². The number of nitrogens with zero attached hydrogens (tertiary/aromatic N) is 3. The van der Waals surface area contributed by atoms with Crippen LogP contribution in [0.1, 0.15) is 13.3 Å². The molecular weight excluding hydrogens is 403 g/mol. The molecule has 124 valence electrons. The van der Waals surface area contributed by atoms with Gasteiger partial charge in [0.15, 0.2) is 5.96 Å². The fraction of sp³-hybridized carbons (Fsp3) is 0.846. The summed E-state index contributed by atoms with van der Waals surface area (Å²) in [5.74, 6) is 2.08. The smallest absolute Gasteiger partial charge is 0.409 e. The summed E-state index contributed by atoms with van der Waals surface area (Å²) in [7, 11) is 1.80. The SMILES string of the molecule is CCOC(=O)N1CCN(C(=NC)NCCCSC)CC1.I. The molecule has 0 aromatic carbocycles. The Balaban J connectivity index is 0.00000400. The van der Waals surface area contributed by atoms with Crippen LogP contribution >= 0.6 is 35.7 Å². The maximum Gasteiger partial charge on any atom is 0.409 e. The van der Waals surface area contributed by atoms with E-state index in [0.29, 0.717) is 19.7 Å². The second kappa shape index (κ2) is 12.2. The predicted octanol–water partition coefficient (Wildman–Crippen LogP) is 1.71. The van der Waals surface area contributed by atoms with Crippen LogP contribution in [-0.2, 0) is 4.74 Å². The van der Waals surface area contributed by atoms with Crippen molar-refractivity contribution >= 4 is 47.8 Å². The van der Waals surface area contributed by atoms with Gasteiger partial charge in [-0.25, -0.2) is 4.79 Å². The zero-order chi connectivity index (χ0) is 14.8. The third-order valence-electron chi connectivity index (χ3n) is 3.13. The number of guanidine groups is 1. The van der Waals surface area contributed by atoms with Crippen molar-refractivity contribution in [2.75, 3.05) is 58.4 Å². The molecule has 0 unspecified atom stereocenters. The fourth-order valence-corrected chi connectivity index (χ4v) is 2.50. The molecule has 6 nitrogen and oxygen atoms in total. The van der Waals surface area contributed by atoms with Gasteiger partial charge in [-0.05, 0) is 25.4 Å². The summed E-state index contributed by atoms with van der Waals surface area (Å²) in [5.41, 5.74) is 0. The van der Waals surface area contributed by atoms with Gasteiger partial charge in [0, 0.05) is 39.8 Å². The number of thioether (sulfide) groups is 1. The maximum absolute atomic E-state index is 11.6. The maximum atomic E-state index is 11.6. The number of halogens is 1. The van der Waals surface area contributed by atoms with Crippen LogP contribution in [0.4, 0.5) is 4.79 Å². The molecule has 0 radical (unpaired) electrons. The van der Waals surface area contributed by atoms with E-state index in [4.69, 9.17) is 4.74 Å². The lowest BCUT2D eigenvalue weighted by atomic mass is 10.3. The van der Waals surface area contributed by atoms with Gasteiger partial charge in [0.2, 0.25) is 0 Å². The molecule has 1 aliphatic rings. The van der Waals surface area contributed by atoms with Crippen molar-refractivity contribution in [1.82, 2.24) is 15.1 Å². The lowest BCUT2D eigenvalue weighted by Gasteiger charge is -2.35. The molecule has 1 fully saturated rings. The first-order valence-corrected chi connectivity index (χ1v) is 8.48. The Morgan fingerprint density at radius 2 is 1.90 bits per heavy atom. The first-order chi connectivity index (χ1) is 9.72. The average Bonchev–Trinajstić information content (AvgIpc) is 2.48. The number of carbonyl (C=O) groups is 1. The molecular formula is C13H27IN4O2S. The highest BCUT2D eigenvalue weighted by Crippen LogP contribution is 2.04. The molecule has 0 aromatic rings. The first kappa shape index (κ1) is 20.6. The van der Waals surface area contributed by atoms with Crippen molar-refractivity contribution in [3.63, 3.8) is 0 Å². The molecule has 1 saturated heterocycles. The van der Waals surface area contributed by atoms with Gasteiger partial charge in [0.1, 0.15) is 0 Å². The van der Waals surface area contributed by atoms with E-state index in [0.717, 1.165) is 37.8 Å². The van der Waals surface area contributed by atoms with Gasteiger partial charge in [0.05, 0.1) is 6.61 Å². The summed E-state index contributed by atoms with van der Waals surface area (Å²) < 4.78 is 5.02. The summed E-state index contributed by atoms with van der Waals surface area (Å²) in [6.07, 6.45) is 3.03. The molecule has 8 heteroatoms. The van der Waals surface area contributed by atoms with Crippen molar-refractivity contribution < 1.29 is 9.53 Å². The summed E-state index contributed by atoms with van der Waals surface area (Å²) in [6, 6.07) is 0. The second-order valence-corrected chi connectivity index (χ2v) is 5.48. The van der Waals surface area contributed by atoms with Crippen molar-refractivity contribution in [2.24, 2.45) is 4.99 Å². The monoisotopic (exact) mass is 430 g/mol. The van der Waals surface area contributed by atoms with Crippen molar-refractivity contribution in [3.05, 3.63) is 0 Å². The van der Waals surface area contributed by atoms with E-state index in [1.807, 2.05) is 18.7 Å². The van der Waals surface area contributed by atoms with E-state index in [-0.39, 0.29) is 30.1 Å². The van der Waals surface area contributed by atoms with E-state index in [9.17, 15) is 4.79 Å². The van der Waals surface area contributed by atoms with Crippen molar-refractivity contribution in [2.45, 2.75) is 13.3 Å². The third kappa shape index (κ3) is 7.44. The third-order valence-corrected chi connectivity index (χ3v) is 3.82. The number of carbonyl (C=O) groups excluding carboxylic acids is 1. The topological polar surface area (TPSA) is 57.2 Å². The summed E-state index contributed by atoms with van der Waals surface area (Å²) in [5, 5.41) is 3.37. The first-order valence-electron chi connectivity index (χ1n) is 7.09. The second-order valence-electron chi connectivity index (χ2n) is 4.49. The van der Waals surface area contributed by atoms with Gasteiger partial charge in [-0.1, -0.05) is 0 Å². The normalized spacial score (nSPS) is 15.5. The molecule has 0 spiro atoms. The number of hydrogen-bond donors (Lipinski definition) is 1. The van der Waals surface area contributed by atoms with E-state index >= 15 is 0 Å². The minimum absolute atomic E-state index is 0. The Morgan fingerprint density at radius 3 is 2.43 bits per heavy atom. The molecule has 21 heavy (non-hydrogen) atoms. The molecule has 0 saturated carbocycles. The molecule has 0 aromatic heterocycles. The number of hydrogen-bond acceptors (Lipinski definition) is 4. The molecule has 0 aliphatic carbocycles. The standard InChI is InChI=1S/C13H26N4O2S.HI/c1-4-19-13(18)17-9-7-16(8-10-17)12(14-2)15-6-5-11-20-3;/h4-11H2,1-3H3,(H,14,15);1H. The van der Waals surface area contributed by atoms with Crippen LogP contribution < -0.4 is 5.32 Å². The number of rotatable bonds is 5. The zero-order valence-corrected chi connectivity index (χ0v) is 16.3. The van der Waals surface area contributed by atoms with Gasteiger partial charge in [-0.2, -0.15) is 11.8 Å². The highest BCUT2D eigenvalue weighted by atomic mass is 127. The van der Waals surface area contributed by atoms with E-state index in [2.05, 4.69) is 21.5 Å². The minimum atomic E-state index is -0.213. The van der Waals surface area contributed by atoms with Crippen molar-refractivity contribution in [1.29, 1.82) is 0 Å². The number of piperazine rings is 1. The number of aliphatic imine (C=N–C) groups is 1. The fourth-order valence-electron chi connectivity index (χ4n) is 2.06. The molecule has 1 heterocycles. The van der Waals surface area contributed by atoms with Gasteiger partial charge in [-0.3, -0.25) is 4.99 Å². The Hall–Kier alpha value is -0.380. The van der Waals surface area contributed by atoms with Gasteiger partial charge in [0.25, 0.3) is 0 Å². The van der Waals surface area contributed by atoms with Gasteiger partial charge in [-0.15, -0.1) is 24.0 Å². The quantitative estimate of drug-likeness (QED) is 0.312. The molecule has 0 atom stereocenters. The van der Waals surface area contributed by atoms with Crippen LogP contribution in [-0.4, -0.2) is 80.2 Å². The summed E-state index contributed by atoms with van der Waals surface area (Å²) in [6.45, 7) is 6.15. The van der Waals surface area contributed by atoms with Crippen LogP contribution in [0.5, 0.6) is 0 Å². The van der Waals surface area contributed by atoms with Crippen LogP contribution in [0, 0.1) is 0 Å². The number of nitrogens with one attached hydrogen (secondary N) is 1. The number of ether oxygens (including phenoxy) is 1. The zero-order valence-electron chi connectivity index (χ0n) is 13.1. The molecule has 1 N–H and O–H groups in total. The lowest BCUT2D eigenvalue weighted by Crippen LogP contribution is -2.54. The minimum Gasteiger partial charge on any atom is -0.450 e. The van der Waals surface area contributed by atoms with Crippen LogP contribution in [0.25, 0.3) is 0 Å². The predicted molar refractivity (Wildman–Crippen MR) is 99.9 cm³/mol. The summed E-state index contributed by atoms with van der Waals surface area (Å²) >= 11 is 1.85. The highest BCUT2D eigenvalue weighted by Gasteiger charge is 2.23. The van der Waals surface area contributed by atoms with E-state index < -0.39 is 0 Å². The Labute approximate surface area is 149 Å². The van der Waals surface area contributed by atoms with E-state index in [1.165, 1.54) is 0 Å². The summed E-state index contributed by atoms with van der Waals surface area (Å²) in [4.78, 5) is 19.9. The largest absolute Gasteiger partial charge is 0.450 e. The molecule has 0 bridgehead atoms. The lowest BCUT2D eigenvalue weighted by molar-refractivity contribution is 0.0915. The van der Waals surface area contributed by atoms with E-state index in [1.54, 1.807) is 11.9 Å². The van der Waals surface area contributed by atoms with Gasteiger partial charge >= 0.3 is 6.09 Å². The number of amides is 1. The van der Waals surface area contributed by atoms with Crippen LogP contribution in [0.2, 0.25) is 0 Å². The Morgan fingerprint density at radius 1 is 1.29 bits per heavy atom. The molecule has 1 aliphatic heterocycles. The Bertz CT molecular complexity index is 323. The van der Waals surface area contributed by atoms with Crippen LogP contribution in [0.15, 0.2) is 4.99 Å².